The maximum Gasteiger partial charge on any atom is 0.241 e. The predicted molar refractivity (Wildman–Crippen MR) is 47.8 cm³/mol. The molecule has 3 heteroatoms. The van der Waals surface area contributed by atoms with Crippen LogP contribution >= 0.6 is 0 Å². The molecule has 0 aromatic heterocycles. The lowest BCUT2D eigenvalue weighted by atomic mass is 9.79. The second-order valence-corrected chi connectivity index (χ2v) is 3.91. The van der Waals surface area contributed by atoms with Crippen molar-refractivity contribution in [1.29, 1.82) is 0 Å². The molecular formula is C10H18F2O. The summed E-state index contributed by atoms with van der Waals surface area (Å²) >= 11 is 0. The molecule has 0 bridgehead atoms. The molecule has 1 rings (SSSR count). The van der Waals surface area contributed by atoms with Gasteiger partial charge in [0.1, 0.15) is 0 Å². The molecule has 1 saturated carbocycles. The van der Waals surface area contributed by atoms with Gasteiger partial charge in [0, 0.05) is 12.5 Å². The lowest BCUT2D eigenvalue weighted by Gasteiger charge is -2.29. The summed E-state index contributed by atoms with van der Waals surface area (Å²) in [7, 11) is 0. The van der Waals surface area contributed by atoms with Crippen molar-refractivity contribution >= 4 is 0 Å². The zero-order valence-corrected chi connectivity index (χ0v) is 7.88. The van der Waals surface area contributed by atoms with Gasteiger partial charge in [-0.05, 0) is 25.2 Å². The molecule has 1 nitrogen and oxygen atoms in total. The average Bonchev–Trinajstić information content (AvgIpc) is 2.15. The average molecular weight is 192 g/mol. The quantitative estimate of drug-likeness (QED) is 0.726. The highest BCUT2D eigenvalue weighted by Gasteiger charge is 2.29. The van der Waals surface area contributed by atoms with Gasteiger partial charge in [-0.25, -0.2) is 8.78 Å². The van der Waals surface area contributed by atoms with Crippen molar-refractivity contribution < 1.29 is 13.9 Å². The first-order valence-electron chi connectivity index (χ1n) is 5.14. The molecule has 13 heavy (non-hydrogen) atoms. The van der Waals surface area contributed by atoms with Crippen LogP contribution in [0.1, 0.15) is 38.5 Å². The van der Waals surface area contributed by atoms with Crippen LogP contribution < -0.4 is 0 Å². The monoisotopic (exact) mass is 192 g/mol. The third kappa shape index (κ3) is 3.22. The summed E-state index contributed by atoms with van der Waals surface area (Å²) < 4.78 is 25.1. The molecule has 1 aliphatic carbocycles. The van der Waals surface area contributed by atoms with E-state index in [0.717, 1.165) is 25.7 Å². The fourth-order valence-electron chi connectivity index (χ4n) is 2.28. The van der Waals surface area contributed by atoms with E-state index in [-0.39, 0.29) is 18.9 Å². The molecule has 78 valence electrons. The number of hydrogen-bond donors (Lipinski definition) is 1. The summed E-state index contributed by atoms with van der Waals surface area (Å²) in [5, 5.41) is 8.68. The second-order valence-electron chi connectivity index (χ2n) is 3.91. The van der Waals surface area contributed by atoms with Crippen molar-refractivity contribution in [3.8, 4) is 0 Å². The normalized spacial score (nSPS) is 22.2. The summed E-state index contributed by atoms with van der Waals surface area (Å²) in [6.07, 6.45) is 3.21. The summed E-state index contributed by atoms with van der Waals surface area (Å²) in [6, 6.07) is 0. The minimum Gasteiger partial charge on any atom is -0.396 e. The number of aliphatic hydroxyl groups excluding tert-OH is 1. The van der Waals surface area contributed by atoms with E-state index in [1.54, 1.807) is 0 Å². The van der Waals surface area contributed by atoms with Crippen LogP contribution in [0.15, 0.2) is 0 Å². The van der Waals surface area contributed by atoms with Crippen LogP contribution in [0, 0.1) is 11.8 Å². The van der Waals surface area contributed by atoms with Gasteiger partial charge in [0.25, 0.3) is 0 Å². The summed E-state index contributed by atoms with van der Waals surface area (Å²) in [5.41, 5.74) is 0. The molecule has 0 heterocycles. The van der Waals surface area contributed by atoms with E-state index in [0.29, 0.717) is 0 Å². The standard InChI is InChI=1S/C10H18F2O/c11-10(12)9(6-7-13)8-4-2-1-3-5-8/h8-10,13H,1-7H2. The number of aliphatic hydroxyl groups is 1. The van der Waals surface area contributed by atoms with Crippen molar-refractivity contribution in [2.24, 2.45) is 11.8 Å². The molecule has 0 saturated heterocycles. The fourth-order valence-corrected chi connectivity index (χ4v) is 2.28. The molecule has 0 amide bonds. The molecule has 0 radical (unpaired) electrons. The lowest BCUT2D eigenvalue weighted by molar-refractivity contribution is 0.0172. The van der Waals surface area contributed by atoms with E-state index in [2.05, 4.69) is 0 Å². The van der Waals surface area contributed by atoms with Crippen LogP contribution in [-0.2, 0) is 0 Å². The predicted octanol–water partition coefficient (Wildman–Crippen LogP) is 2.83. The Kier molecular flexibility index (Phi) is 4.64. The first kappa shape index (κ1) is 10.9. The Morgan fingerprint density at radius 2 is 1.77 bits per heavy atom. The maximum atomic E-state index is 12.6. The van der Waals surface area contributed by atoms with Gasteiger partial charge in [-0.1, -0.05) is 19.3 Å². The van der Waals surface area contributed by atoms with E-state index >= 15 is 0 Å². The van der Waals surface area contributed by atoms with Crippen LogP contribution in [0.3, 0.4) is 0 Å². The van der Waals surface area contributed by atoms with E-state index < -0.39 is 12.3 Å². The van der Waals surface area contributed by atoms with Crippen molar-refractivity contribution in [1.82, 2.24) is 0 Å². The Morgan fingerprint density at radius 1 is 1.15 bits per heavy atom. The van der Waals surface area contributed by atoms with Gasteiger partial charge in [0.2, 0.25) is 6.43 Å². The number of alkyl halides is 2. The number of halogens is 2. The van der Waals surface area contributed by atoms with Crippen LogP contribution in [0.4, 0.5) is 8.78 Å². The molecule has 1 atom stereocenters. The van der Waals surface area contributed by atoms with Crippen molar-refractivity contribution in [3.63, 3.8) is 0 Å². The third-order valence-electron chi connectivity index (χ3n) is 3.04. The Morgan fingerprint density at radius 3 is 2.23 bits per heavy atom. The van der Waals surface area contributed by atoms with Gasteiger partial charge in [-0.3, -0.25) is 0 Å². The third-order valence-corrected chi connectivity index (χ3v) is 3.04. The van der Waals surface area contributed by atoms with Gasteiger partial charge in [-0.15, -0.1) is 0 Å². The van der Waals surface area contributed by atoms with E-state index in [9.17, 15) is 8.78 Å². The van der Waals surface area contributed by atoms with Crippen molar-refractivity contribution in [2.45, 2.75) is 45.0 Å². The minimum atomic E-state index is -2.25. The molecule has 0 aliphatic heterocycles. The van der Waals surface area contributed by atoms with Gasteiger partial charge in [-0.2, -0.15) is 0 Å². The Bertz CT molecular complexity index is 133. The first-order valence-corrected chi connectivity index (χ1v) is 5.14. The highest BCUT2D eigenvalue weighted by atomic mass is 19.3. The molecule has 0 aromatic carbocycles. The van der Waals surface area contributed by atoms with Crippen molar-refractivity contribution in [2.75, 3.05) is 6.61 Å². The molecule has 0 aromatic rings. The number of hydrogen-bond acceptors (Lipinski definition) is 1. The molecule has 1 unspecified atom stereocenters. The molecule has 0 spiro atoms. The van der Waals surface area contributed by atoms with Gasteiger partial charge in [0.05, 0.1) is 0 Å². The van der Waals surface area contributed by atoms with E-state index in [4.69, 9.17) is 5.11 Å². The number of rotatable bonds is 4. The molecule has 1 aliphatic rings. The van der Waals surface area contributed by atoms with Crippen LogP contribution in [0.2, 0.25) is 0 Å². The van der Waals surface area contributed by atoms with Crippen LogP contribution in [0.25, 0.3) is 0 Å². The largest absolute Gasteiger partial charge is 0.396 e. The SMILES string of the molecule is OCCC(C(F)F)C1CCCCC1. The lowest BCUT2D eigenvalue weighted by Crippen LogP contribution is -2.25. The molecular weight excluding hydrogens is 174 g/mol. The summed E-state index contributed by atoms with van der Waals surface area (Å²) in [6.45, 7) is -0.106. The smallest absolute Gasteiger partial charge is 0.241 e. The van der Waals surface area contributed by atoms with E-state index in [1.165, 1.54) is 6.42 Å². The summed E-state index contributed by atoms with van der Waals surface area (Å²) in [4.78, 5) is 0. The Balaban J connectivity index is 2.41. The highest BCUT2D eigenvalue weighted by molar-refractivity contribution is 4.75. The van der Waals surface area contributed by atoms with E-state index in [1.807, 2.05) is 0 Å². The molecule has 1 fully saturated rings. The second kappa shape index (κ2) is 5.53. The summed E-state index contributed by atoms with van der Waals surface area (Å²) in [5.74, 6) is -0.411. The first-order chi connectivity index (χ1) is 6.25. The molecule has 1 N–H and O–H groups in total. The Hall–Kier alpha value is -0.180. The zero-order valence-electron chi connectivity index (χ0n) is 7.88. The van der Waals surface area contributed by atoms with Gasteiger partial charge >= 0.3 is 0 Å². The minimum absolute atomic E-state index is 0.106. The zero-order chi connectivity index (χ0) is 9.68. The van der Waals surface area contributed by atoms with Crippen LogP contribution in [0.5, 0.6) is 0 Å². The fraction of sp³-hybridized carbons (Fsp3) is 1.00. The van der Waals surface area contributed by atoms with Gasteiger partial charge in [0.15, 0.2) is 0 Å². The van der Waals surface area contributed by atoms with Crippen LogP contribution in [-0.4, -0.2) is 18.1 Å². The highest BCUT2D eigenvalue weighted by Crippen LogP contribution is 2.34. The van der Waals surface area contributed by atoms with Gasteiger partial charge < -0.3 is 5.11 Å². The van der Waals surface area contributed by atoms with Crippen molar-refractivity contribution in [3.05, 3.63) is 0 Å². The Labute approximate surface area is 78.1 Å². The maximum absolute atomic E-state index is 12.6. The topological polar surface area (TPSA) is 20.2 Å².